The van der Waals surface area contributed by atoms with Crippen LogP contribution in [0.15, 0.2) is 18.2 Å². The van der Waals surface area contributed by atoms with Crippen molar-refractivity contribution in [2.24, 2.45) is 0 Å². The molecule has 0 aliphatic carbocycles. The number of carboxylic acid groups (broad SMARTS) is 1. The standard InChI is InChI=1S/C29H42FIN2O6SSi/c1-28(2,3)39-27(37)33(23(34)13-9-10-17-41(7,8)29(4,5)6)26-32-24(25(35)36)22(40-26)12-11-16-38-21-15-14-19(31)18-20(21)30/h14-15,18H,9-13,16-17H2,1-8H3,(H,35,36). The number of aryl methyl sites for hydroxylation is 1. The van der Waals surface area contributed by atoms with Crippen molar-refractivity contribution in [1.29, 1.82) is 0 Å². The molecule has 41 heavy (non-hydrogen) atoms. The topological polar surface area (TPSA) is 106 Å². The smallest absolute Gasteiger partial charge is 0.423 e. The molecule has 2 amide bonds. The van der Waals surface area contributed by atoms with Gasteiger partial charge in [0.1, 0.15) is 5.60 Å². The van der Waals surface area contributed by atoms with Gasteiger partial charge in [-0.25, -0.2) is 19.0 Å². The lowest BCUT2D eigenvalue weighted by molar-refractivity contribution is -0.118. The van der Waals surface area contributed by atoms with E-state index in [-0.39, 0.29) is 41.1 Å². The van der Waals surface area contributed by atoms with E-state index in [1.165, 1.54) is 6.07 Å². The van der Waals surface area contributed by atoms with Crippen LogP contribution in [-0.4, -0.2) is 48.3 Å². The molecular formula is C29H42FIN2O6SSi. The quantitative estimate of drug-likeness (QED) is 0.133. The summed E-state index contributed by atoms with van der Waals surface area (Å²) >= 11 is 2.97. The molecule has 0 saturated carbocycles. The third-order valence-corrected chi connectivity index (χ3v) is 14.5. The SMILES string of the molecule is CC(C)(C)OC(=O)N(C(=O)CCCC[Si](C)(C)C(C)(C)C)c1nc(C(=O)O)c(CCCOc2ccc(I)cc2F)s1. The molecule has 228 valence electrons. The number of nitrogens with zero attached hydrogens (tertiary/aromatic N) is 2. The summed E-state index contributed by atoms with van der Waals surface area (Å²) in [6.45, 7) is 16.7. The van der Waals surface area contributed by atoms with Gasteiger partial charge in [0.2, 0.25) is 11.0 Å². The molecule has 2 rings (SSSR count). The highest BCUT2D eigenvalue weighted by Crippen LogP contribution is 2.39. The minimum absolute atomic E-state index is 0.0364. The number of rotatable bonds is 12. The Morgan fingerprint density at radius 2 is 1.76 bits per heavy atom. The van der Waals surface area contributed by atoms with Gasteiger partial charge in [0.15, 0.2) is 17.3 Å². The van der Waals surface area contributed by atoms with E-state index in [9.17, 15) is 23.9 Å². The molecule has 2 aromatic rings. The zero-order chi connectivity index (χ0) is 31.2. The second kappa shape index (κ2) is 14.4. The zero-order valence-corrected chi connectivity index (χ0v) is 29.2. The van der Waals surface area contributed by atoms with Gasteiger partial charge < -0.3 is 14.6 Å². The van der Waals surface area contributed by atoms with E-state index in [4.69, 9.17) is 9.47 Å². The second-order valence-electron chi connectivity index (χ2n) is 12.7. The van der Waals surface area contributed by atoms with Gasteiger partial charge in [-0.3, -0.25) is 4.79 Å². The van der Waals surface area contributed by atoms with Crippen molar-refractivity contribution in [1.82, 2.24) is 4.98 Å². The lowest BCUT2D eigenvalue weighted by atomic mass is 10.2. The maximum atomic E-state index is 14.1. The highest BCUT2D eigenvalue weighted by atomic mass is 127. The summed E-state index contributed by atoms with van der Waals surface area (Å²) in [6.07, 6.45) is 1.31. The Hall–Kier alpha value is -2.06. The predicted molar refractivity (Wildman–Crippen MR) is 172 cm³/mol. The number of thiazole rings is 1. The van der Waals surface area contributed by atoms with Gasteiger partial charge in [-0.05, 0) is 85.9 Å². The summed E-state index contributed by atoms with van der Waals surface area (Å²) in [6, 6.07) is 5.69. The first kappa shape index (κ1) is 35.1. The average Bonchev–Trinajstić information content (AvgIpc) is 3.22. The Morgan fingerprint density at radius 1 is 1.10 bits per heavy atom. The summed E-state index contributed by atoms with van der Waals surface area (Å²) < 4.78 is 25.8. The third kappa shape index (κ3) is 10.6. The van der Waals surface area contributed by atoms with E-state index in [2.05, 4.69) is 38.8 Å². The molecule has 0 unspecified atom stereocenters. The first-order valence-electron chi connectivity index (χ1n) is 13.7. The number of unbranched alkanes of at least 4 members (excludes halogenated alkanes) is 1. The summed E-state index contributed by atoms with van der Waals surface area (Å²) in [5.41, 5.74) is -1.10. The number of halogens is 2. The number of anilines is 1. The number of amides is 2. The molecule has 1 N–H and O–H groups in total. The van der Waals surface area contributed by atoms with Gasteiger partial charge in [-0.1, -0.05) is 46.3 Å². The fourth-order valence-corrected chi connectivity index (χ4v) is 7.14. The highest BCUT2D eigenvalue weighted by molar-refractivity contribution is 14.1. The first-order valence-corrected chi connectivity index (χ1v) is 18.8. The molecule has 0 aliphatic heterocycles. The summed E-state index contributed by atoms with van der Waals surface area (Å²) in [7, 11) is -1.51. The molecule has 0 aliphatic rings. The van der Waals surface area contributed by atoms with Gasteiger partial charge in [0, 0.05) is 14.9 Å². The van der Waals surface area contributed by atoms with E-state index < -0.39 is 37.5 Å². The minimum atomic E-state index is -1.51. The van der Waals surface area contributed by atoms with Crippen molar-refractivity contribution < 1.29 is 33.4 Å². The Morgan fingerprint density at radius 3 is 2.32 bits per heavy atom. The van der Waals surface area contributed by atoms with Crippen LogP contribution in [0.25, 0.3) is 0 Å². The largest absolute Gasteiger partial charge is 0.491 e. The summed E-state index contributed by atoms with van der Waals surface area (Å²) in [4.78, 5) is 43.9. The fourth-order valence-electron chi connectivity index (χ4n) is 3.70. The number of hydrogen-bond acceptors (Lipinski definition) is 7. The predicted octanol–water partition coefficient (Wildman–Crippen LogP) is 8.54. The molecule has 12 heteroatoms. The number of aromatic carboxylic acids is 1. The highest BCUT2D eigenvalue weighted by Gasteiger charge is 2.35. The molecule has 0 spiro atoms. The molecule has 0 fully saturated rings. The van der Waals surface area contributed by atoms with Gasteiger partial charge >= 0.3 is 12.1 Å². The molecule has 1 heterocycles. The van der Waals surface area contributed by atoms with Crippen LogP contribution in [0.4, 0.5) is 14.3 Å². The van der Waals surface area contributed by atoms with Crippen LogP contribution in [0.5, 0.6) is 5.75 Å². The van der Waals surface area contributed by atoms with Crippen molar-refractivity contribution in [3.63, 3.8) is 0 Å². The molecule has 8 nitrogen and oxygen atoms in total. The van der Waals surface area contributed by atoms with Crippen molar-refractivity contribution >= 4 is 65.1 Å². The maximum Gasteiger partial charge on any atom is 0.423 e. The van der Waals surface area contributed by atoms with Crippen LogP contribution < -0.4 is 9.64 Å². The monoisotopic (exact) mass is 720 g/mol. The van der Waals surface area contributed by atoms with Crippen LogP contribution in [0.3, 0.4) is 0 Å². The van der Waals surface area contributed by atoms with Crippen LogP contribution in [0.2, 0.25) is 24.2 Å². The second-order valence-corrected chi connectivity index (χ2v) is 20.7. The van der Waals surface area contributed by atoms with Gasteiger partial charge in [-0.15, -0.1) is 11.3 Å². The maximum absolute atomic E-state index is 14.1. The summed E-state index contributed by atoms with van der Waals surface area (Å²) in [5.74, 6) is -2.11. The lowest BCUT2D eigenvalue weighted by Crippen LogP contribution is -2.41. The van der Waals surface area contributed by atoms with Crippen LogP contribution in [0, 0.1) is 9.39 Å². The Kier molecular flexibility index (Phi) is 12.3. The zero-order valence-electron chi connectivity index (χ0n) is 25.2. The van der Waals surface area contributed by atoms with Gasteiger partial charge in [0.25, 0.3) is 0 Å². The number of carboxylic acids is 1. The van der Waals surface area contributed by atoms with Crippen LogP contribution in [-0.2, 0) is 16.0 Å². The Bertz CT molecular complexity index is 1240. The molecule has 0 bridgehead atoms. The number of benzene rings is 1. The van der Waals surface area contributed by atoms with Gasteiger partial charge in [0.05, 0.1) is 14.7 Å². The first-order chi connectivity index (χ1) is 18.8. The van der Waals surface area contributed by atoms with Crippen molar-refractivity contribution in [3.8, 4) is 5.75 Å². The molecular weight excluding hydrogens is 678 g/mol. The van der Waals surface area contributed by atoms with E-state index in [1.54, 1.807) is 32.9 Å². The van der Waals surface area contributed by atoms with E-state index in [1.807, 2.05) is 22.6 Å². The number of aromatic nitrogens is 1. The third-order valence-electron chi connectivity index (χ3n) is 7.08. The minimum Gasteiger partial charge on any atom is -0.491 e. The van der Waals surface area contributed by atoms with Gasteiger partial charge in [-0.2, -0.15) is 4.90 Å². The van der Waals surface area contributed by atoms with Crippen LogP contribution >= 0.6 is 33.9 Å². The number of carbonyl (C=O) groups excluding carboxylic acids is 2. The number of imide groups is 1. The fraction of sp³-hybridized carbons (Fsp3) is 0.586. The summed E-state index contributed by atoms with van der Waals surface area (Å²) in [5, 5.41) is 9.99. The molecule has 0 radical (unpaired) electrons. The van der Waals surface area contributed by atoms with E-state index in [0.717, 1.165) is 32.3 Å². The lowest BCUT2D eigenvalue weighted by Gasteiger charge is -2.37. The van der Waals surface area contributed by atoms with Crippen molar-refractivity contribution in [2.75, 3.05) is 11.5 Å². The van der Waals surface area contributed by atoms with Crippen LogP contribution in [0.1, 0.15) is 82.6 Å². The van der Waals surface area contributed by atoms with Crippen molar-refractivity contribution in [2.45, 2.75) is 103 Å². The molecule has 1 aromatic heterocycles. The molecule has 1 aromatic carbocycles. The normalized spacial score (nSPS) is 12.2. The number of hydrogen-bond donors (Lipinski definition) is 1. The van der Waals surface area contributed by atoms with E-state index >= 15 is 0 Å². The Balaban J connectivity index is 2.19. The Labute approximate surface area is 261 Å². The number of carbonyl (C=O) groups is 3. The average molecular weight is 721 g/mol. The van der Waals surface area contributed by atoms with E-state index in [0.29, 0.717) is 17.7 Å². The number of ether oxygens (including phenoxy) is 2. The molecule has 0 saturated heterocycles. The molecule has 0 atom stereocenters. The van der Waals surface area contributed by atoms with Crippen molar-refractivity contribution in [3.05, 3.63) is 38.2 Å².